The number of rotatable bonds is 17. The Morgan fingerprint density at radius 1 is 0.827 bits per heavy atom. The van der Waals surface area contributed by atoms with Gasteiger partial charge in [-0.1, -0.05) is 56.3 Å². The van der Waals surface area contributed by atoms with Gasteiger partial charge in [0, 0.05) is 36.4 Å². The molecule has 0 radical (unpaired) electrons. The molecule has 19 heteroatoms. The smallest absolute Gasteiger partial charge is 0.382 e. The number of carbonyl (C=O) groups excluding carboxylic acids is 5. The minimum atomic E-state index is -5.15. The Morgan fingerprint density at radius 3 is 2.00 bits per heavy atom. The van der Waals surface area contributed by atoms with Gasteiger partial charge in [-0.25, -0.2) is 0 Å². The van der Waals surface area contributed by atoms with Crippen molar-refractivity contribution in [2.45, 2.75) is 94.7 Å². The Hall–Kier alpha value is -5.07. The first-order valence-electron chi connectivity index (χ1n) is 16.0. The van der Waals surface area contributed by atoms with Crippen LogP contribution in [0.1, 0.15) is 61.5 Å². The van der Waals surface area contributed by atoms with Crippen LogP contribution in [0.4, 0.5) is 26.3 Å². The van der Waals surface area contributed by atoms with Crippen LogP contribution in [0.2, 0.25) is 0 Å². The lowest BCUT2D eigenvalue weighted by Gasteiger charge is -2.28. The standard InChI is InChI=1S/C33H39F6N7O6/c1-17(2)23(44-29(51)20-10-7-11-21(15-20)31(45-46-31)33(37,38)39)16-26(48)42-24(14-19-8-5-4-6-9-19)30(52)41-18(3)28(50)43-22(12-13-25(40)47)27(49)32(34,35)36/h4-11,15,17-18,22-24,27,49H,12-14,16H2,1-3H3,(H2,40,47)(H,41,52)(H,42,48)(H,43,50)(H,44,51). The van der Waals surface area contributed by atoms with Crippen molar-refractivity contribution >= 4 is 29.5 Å². The number of carbonyl (C=O) groups is 5. The largest absolute Gasteiger partial charge is 0.442 e. The van der Waals surface area contributed by atoms with Crippen molar-refractivity contribution in [3.63, 3.8) is 0 Å². The summed E-state index contributed by atoms with van der Waals surface area (Å²) < 4.78 is 80.2. The summed E-state index contributed by atoms with van der Waals surface area (Å²) in [5, 5.41) is 25.5. The highest BCUT2D eigenvalue weighted by molar-refractivity contribution is 5.95. The van der Waals surface area contributed by atoms with Gasteiger partial charge in [0.05, 0.1) is 6.04 Å². The molecule has 2 aromatic rings. The summed E-state index contributed by atoms with van der Waals surface area (Å²) in [6, 6.07) is 7.36. The van der Waals surface area contributed by atoms with Crippen LogP contribution in [0, 0.1) is 5.92 Å². The maximum Gasteiger partial charge on any atom is 0.442 e. The molecule has 13 nitrogen and oxygen atoms in total. The van der Waals surface area contributed by atoms with Crippen molar-refractivity contribution in [1.29, 1.82) is 0 Å². The Labute approximate surface area is 294 Å². The maximum absolute atomic E-state index is 13.5. The van der Waals surface area contributed by atoms with E-state index in [0.29, 0.717) is 5.56 Å². The van der Waals surface area contributed by atoms with Gasteiger partial charge in [0.15, 0.2) is 6.10 Å². The predicted octanol–water partition coefficient (Wildman–Crippen LogP) is 2.92. The van der Waals surface area contributed by atoms with Crippen LogP contribution < -0.4 is 27.0 Å². The molecule has 1 aliphatic rings. The van der Waals surface area contributed by atoms with Gasteiger partial charge >= 0.3 is 18.0 Å². The maximum atomic E-state index is 13.5. The second-order valence-corrected chi connectivity index (χ2v) is 12.6. The number of nitrogens with two attached hydrogens (primary N) is 1. The number of halogens is 6. The SMILES string of the molecule is CC(NC(=O)C(Cc1ccccc1)NC(=O)CC(NC(=O)c1cccc(C2(C(F)(F)F)N=N2)c1)C(C)C)C(=O)NC(CCC(N)=O)C(O)C(F)(F)F. The summed E-state index contributed by atoms with van der Waals surface area (Å²) in [6.45, 7) is 4.51. The van der Waals surface area contributed by atoms with E-state index < -0.39 is 90.7 Å². The van der Waals surface area contributed by atoms with E-state index in [1.165, 1.54) is 12.1 Å². The number of benzene rings is 2. The summed E-state index contributed by atoms with van der Waals surface area (Å²) in [4.78, 5) is 63.8. The zero-order chi connectivity index (χ0) is 39.0. The fourth-order valence-electron chi connectivity index (χ4n) is 5.06. The van der Waals surface area contributed by atoms with Gasteiger partial charge in [-0.3, -0.25) is 24.0 Å². The van der Waals surface area contributed by atoms with Crippen molar-refractivity contribution in [3.8, 4) is 0 Å². The second kappa shape index (κ2) is 17.0. The number of nitrogens with one attached hydrogen (secondary N) is 4. The average molecular weight is 744 g/mol. The molecule has 0 spiro atoms. The van der Waals surface area contributed by atoms with Crippen LogP contribution in [-0.4, -0.2) is 77.3 Å². The summed E-state index contributed by atoms with van der Waals surface area (Å²) >= 11 is 0. The first kappa shape index (κ1) is 41.4. The van der Waals surface area contributed by atoms with Crippen LogP contribution >= 0.6 is 0 Å². The minimum absolute atomic E-state index is 0.0939. The fraction of sp³-hybridized carbons (Fsp3) is 0.485. The molecule has 0 aliphatic carbocycles. The number of alkyl halides is 6. The minimum Gasteiger partial charge on any atom is -0.382 e. The van der Waals surface area contributed by atoms with Crippen LogP contribution in [0.5, 0.6) is 0 Å². The summed E-state index contributed by atoms with van der Waals surface area (Å²) in [5.41, 5.74) is 2.34. The Balaban J connectivity index is 1.72. The lowest BCUT2D eigenvalue weighted by molar-refractivity contribution is -0.212. The second-order valence-electron chi connectivity index (χ2n) is 12.6. The van der Waals surface area contributed by atoms with E-state index in [2.05, 4.69) is 26.2 Å². The molecule has 0 bridgehead atoms. The van der Waals surface area contributed by atoms with Crippen molar-refractivity contribution in [3.05, 3.63) is 71.3 Å². The van der Waals surface area contributed by atoms with Crippen LogP contribution in [0.3, 0.4) is 0 Å². The van der Waals surface area contributed by atoms with Crippen molar-refractivity contribution < 1.29 is 55.4 Å². The monoisotopic (exact) mass is 743 g/mol. The van der Waals surface area contributed by atoms with E-state index in [4.69, 9.17) is 5.73 Å². The highest BCUT2D eigenvalue weighted by Gasteiger charge is 2.65. The number of aliphatic hydroxyl groups is 1. The third kappa shape index (κ3) is 11.2. The lowest BCUT2D eigenvalue weighted by Crippen LogP contribution is -2.57. The molecular weight excluding hydrogens is 704 g/mol. The topological polar surface area (TPSA) is 204 Å². The van der Waals surface area contributed by atoms with E-state index in [0.717, 1.165) is 19.1 Å². The van der Waals surface area contributed by atoms with Crippen LogP contribution in [0.25, 0.3) is 0 Å². The third-order valence-electron chi connectivity index (χ3n) is 8.18. The molecule has 7 N–H and O–H groups in total. The molecule has 5 amide bonds. The van der Waals surface area contributed by atoms with Crippen LogP contribution in [-0.2, 0) is 31.3 Å². The van der Waals surface area contributed by atoms with Gasteiger partial charge in [-0.2, -0.15) is 26.3 Å². The molecule has 0 saturated carbocycles. The molecule has 3 rings (SSSR count). The number of aliphatic hydroxyl groups excluding tert-OH is 1. The molecule has 2 aromatic carbocycles. The molecule has 5 atom stereocenters. The molecule has 1 aliphatic heterocycles. The van der Waals surface area contributed by atoms with Crippen molar-refractivity contribution in [1.82, 2.24) is 21.3 Å². The van der Waals surface area contributed by atoms with Crippen molar-refractivity contribution in [2.24, 2.45) is 21.9 Å². The van der Waals surface area contributed by atoms with E-state index >= 15 is 0 Å². The highest BCUT2D eigenvalue weighted by Crippen LogP contribution is 2.52. The number of primary amides is 1. The molecule has 52 heavy (non-hydrogen) atoms. The highest BCUT2D eigenvalue weighted by atomic mass is 19.4. The van der Waals surface area contributed by atoms with E-state index in [1.807, 2.05) is 5.32 Å². The van der Waals surface area contributed by atoms with Crippen LogP contribution in [0.15, 0.2) is 64.8 Å². The normalized spacial score (nSPS) is 16.5. The number of hydrogen-bond acceptors (Lipinski definition) is 8. The third-order valence-corrected chi connectivity index (χ3v) is 8.18. The summed E-state index contributed by atoms with van der Waals surface area (Å²) in [7, 11) is 0. The Kier molecular flexibility index (Phi) is 13.5. The van der Waals surface area contributed by atoms with Gasteiger partial charge in [0.25, 0.3) is 5.91 Å². The first-order chi connectivity index (χ1) is 24.1. The molecular formula is C33H39F6N7O6. The Morgan fingerprint density at radius 2 is 1.46 bits per heavy atom. The quantitative estimate of drug-likeness (QED) is 0.134. The predicted molar refractivity (Wildman–Crippen MR) is 172 cm³/mol. The van der Waals surface area contributed by atoms with Gasteiger partial charge in [0.1, 0.15) is 12.1 Å². The first-order valence-corrected chi connectivity index (χ1v) is 16.0. The van der Waals surface area contributed by atoms with Gasteiger partial charge in [-0.05, 0) is 37.0 Å². The van der Waals surface area contributed by atoms with Gasteiger partial charge in [-0.15, -0.1) is 10.2 Å². The van der Waals surface area contributed by atoms with Crippen molar-refractivity contribution in [2.75, 3.05) is 0 Å². The summed E-state index contributed by atoms with van der Waals surface area (Å²) in [5.74, 6) is -4.90. The van der Waals surface area contributed by atoms with E-state index in [1.54, 1.807) is 44.2 Å². The molecule has 5 unspecified atom stereocenters. The van der Waals surface area contributed by atoms with E-state index in [9.17, 15) is 55.4 Å². The fourth-order valence-corrected chi connectivity index (χ4v) is 5.06. The number of amides is 5. The van der Waals surface area contributed by atoms with E-state index in [-0.39, 0.29) is 29.9 Å². The molecule has 0 fully saturated rings. The van der Waals surface area contributed by atoms with Gasteiger partial charge < -0.3 is 32.1 Å². The number of hydrogen-bond donors (Lipinski definition) is 6. The number of nitrogens with zero attached hydrogens (tertiary/aromatic N) is 2. The zero-order valence-corrected chi connectivity index (χ0v) is 28.2. The molecule has 0 saturated heterocycles. The molecule has 284 valence electrons. The molecule has 1 heterocycles. The Bertz CT molecular complexity index is 1630. The van der Waals surface area contributed by atoms with Gasteiger partial charge in [0.2, 0.25) is 23.6 Å². The zero-order valence-electron chi connectivity index (χ0n) is 28.2. The average Bonchev–Trinajstić information content (AvgIpc) is 3.88. The lowest BCUT2D eigenvalue weighted by atomic mass is 9.97. The summed E-state index contributed by atoms with van der Waals surface area (Å²) in [6.07, 6.45) is -14.7. The molecule has 0 aromatic heterocycles.